The highest BCUT2D eigenvalue weighted by atomic mass is 15.3. The van der Waals surface area contributed by atoms with Crippen molar-refractivity contribution in [2.45, 2.75) is 25.9 Å². The molecule has 0 bridgehead atoms. The fourth-order valence-electron chi connectivity index (χ4n) is 1.93. The van der Waals surface area contributed by atoms with Gasteiger partial charge in [-0.2, -0.15) is 5.10 Å². The highest BCUT2D eigenvalue weighted by Gasteiger charge is 2.12. The molecule has 3 heteroatoms. The van der Waals surface area contributed by atoms with E-state index in [-0.39, 0.29) is 0 Å². The largest absolute Gasteiger partial charge is 0.309 e. The van der Waals surface area contributed by atoms with E-state index in [1.54, 1.807) is 0 Å². The Morgan fingerprint density at radius 2 is 2.00 bits per heavy atom. The highest BCUT2D eigenvalue weighted by Crippen LogP contribution is 2.08. The Balaban J connectivity index is 1.78. The van der Waals surface area contributed by atoms with Gasteiger partial charge in [0, 0.05) is 25.0 Å². The summed E-state index contributed by atoms with van der Waals surface area (Å²) in [6.07, 6.45) is 8.11. The lowest BCUT2D eigenvalue weighted by atomic mass is 10.1. The van der Waals surface area contributed by atoms with Crippen molar-refractivity contribution in [3.8, 4) is 0 Å². The summed E-state index contributed by atoms with van der Waals surface area (Å²) in [7, 11) is 0. The Labute approximate surface area is 115 Å². The van der Waals surface area contributed by atoms with Crippen molar-refractivity contribution in [2.24, 2.45) is 0 Å². The molecule has 0 saturated heterocycles. The molecule has 0 radical (unpaired) electrons. The van der Waals surface area contributed by atoms with E-state index in [2.05, 4.69) is 60.7 Å². The van der Waals surface area contributed by atoms with Gasteiger partial charge in [0.2, 0.25) is 0 Å². The Kier molecular flexibility index (Phi) is 4.93. The molecule has 0 amide bonds. The third-order valence-corrected chi connectivity index (χ3v) is 3.33. The average molecular weight is 255 g/mol. The number of nitrogens with one attached hydrogen (secondary N) is 1. The molecule has 3 nitrogen and oxygen atoms in total. The maximum absolute atomic E-state index is 4.27. The molecule has 1 aromatic heterocycles. The molecule has 2 unspecified atom stereocenters. The number of hydrogen-bond acceptors (Lipinski definition) is 2. The molecule has 0 aliphatic carbocycles. The Hall–Kier alpha value is -1.87. The first-order valence-corrected chi connectivity index (χ1v) is 6.71. The van der Waals surface area contributed by atoms with Crippen LogP contribution in [0.15, 0.2) is 54.9 Å². The third kappa shape index (κ3) is 4.07. The van der Waals surface area contributed by atoms with Crippen LogP contribution in [-0.4, -0.2) is 22.4 Å². The van der Waals surface area contributed by atoms with Gasteiger partial charge in [0.05, 0.1) is 6.04 Å². The number of benzene rings is 1. The van der Waals surface area contributed by atoms with Gasteiger partial charge in [0.15, 0.2) is 0 Å². The van der Waals surface area contributed by atoms with E-state index in [1.807, 2.05) is 29.2 Å². The minimum absolute atomic E-state index is 0.347. The molecule has 0 saturated carbocycles. The van der Waals surface area contributed by atoms with Gasteiger partial charge in [-0.25, -0.2) is 0 Å². The molecular formula is C16H21N3. The Morgan fingerprint density at radius 3 is 2.68 bits per heavy atom. The van der Waals surface area contributed by atoms with Crippen LogP contribution < -0.4 is 5.32 Å². The average Bonchev–Trinajstić information content (AvgIpc) is 2.98. The van der Waals surface area contributed by atoms with Crippen LogP contribution in [0, 0.1) is 0 Å². The molecule has 2 aromatic rings. The molecule has 2 atom stereocenters. The third-order valence-electron chi connectivity index (χ3n) is 3.33. The van der Waals surface area contributed by atoms with Crippen molar-refractivity contribution >= 4 is 6.08 Å². The second-order valence-corrected chi connectivity index (χ2v) is 4.74. The summed E-state index contributed by atoms with van der Waals surface area (Å²) in [4.78, 5) is 0. The van der Waals surface area contributed by atoms with E-state index in [0.29, 0.717) is 12.1 Å². The standard InChI is InChI=1S/C16H21N3/c1-14(15(2)19-13-7-12-18-19)17-11-6-10-16-8-4-3-5-9-16/h3-10,12-15,17H,11H2,1-2H3/b10-6+. The minimum atomic E-state index is 0.347. The Bertz CT molecular complexity index is 488. The molecule has 1 aromatic carbocycles. The molecule has 0 aliphatic heterocycles. The van der Waals surface area contributed by atoms with Crippen LogP contribution in [-0.2, 0) is 0 Å². The van der Waals surface area contributed by atoms with Crippen LogP contribution in [0.2, 0.25) is 0 Å². The fraction of sp³-hybridized carbons (Fsp3) is 0.312. The number of rotatable bonds is 6. The predicted octanol–water partition coefficient (Wildman–Crippen LogP) is 3.14. The summed E-state index contributed by atoms with van der Waals surface area (Å²) < 4.78 is 1.98. The van der Waals surface area contributed by atoms with E-state index in [0.717, 1.165) is 6.54 Å². The Morgan fingerprint density at radius 1 is 1.21 bits per heavy atom. The molecule has 100 valence electrons. The summed E-state index contributed by atoms with van der Waals surface area (Å²) in [6.45, 7) is 5.22. The van der Waals surface area contributed by atoms with Gasteiger partial charge >= 0.3 is 0 Å². The van der Waals surface area contributed by atoms with Crippen LogP contribution in [0.3, 0.4) is 0 Å². The maximum atomic E-state index is 4.27. The molecule has 1 heterocycles. The fourth-order valence-corrected chi connectivity index (χ4v) is 1.93. The van der Waals surface area contributed by atoms with Crippen molar-refractivity contribution in [1.29, 1.82) is 0 Å². The maximum Gasteiger partial charge on any atom is 0.0641 e. The van der Waals surface area contributed by atoms with Crippen molar-refractivity contribution in [3.63, 3.8) is 0 Å². The monoisotopic (exact) mass is 255 g/mol. The SMILES string of the molecule is CC(NC/C=C/c1ccccc1)C(C)n1cccn1. The zero-order chi connectivity index (χ0) is 13.5. The molecular weight excluding hydrogens is 234 g/mol. The van der Waals surface area contributed by atoms with E-state index >= 15 is 0 Å². The van der Waals surface area contributed by atoms with Gasteiger partial charge in [0.1, 0.15) is 0 Å². The summed E-state index contributed by atoms with van der Waals surface area (Å²) in [5.41, 5.74) is 1.23. The van der Waals surface area contributed by atoms with Gasteiger partial charge in [-0.15, -0.1) is 0 Å². The van der Waals surface area contributed by atoms with Crippen molar-refractivity contribution < 1.29 is 0 Å². The van der Waals surface area contributed by atoms with Crippen LogP contribution in [0.5, 0.6) is 0 Å². The predicted molar refractivity (Wildman–Crippen MR) is 79.9 cm³/mol. The summed E-state index contributed by atoms with van der Waals surface area (Å²) in [5.74, 6) is 0. The van der Waals surface area contributed by atoms with Crippen molar-refractivity contribution in [1.82, 2.24) is 15.1 Å². The second-order valence-electron chi connectivity index (χ2n) is 4.74. The molecule has 19 heavy (non-hydrogen) atoms. The molecule has 0 aliphatic rings. The topological polar surface area (TPSA) is 29.9 Å². The zero-order valence-corrected chi connectivity index (χ0v) is 11.5. The quantitative estimate of drug-likeness (QED) is 0.859. The van der Waals surface area contributed by atoms with Gasteiger partial charge in [0.25, 0.3) is 0 Å². The van der Waals surface area contributed by atoms with Crippen LogP contribution >= 0.6 is 0 Å². The summed E-state index contributed by atoms with van der Waals surface area (Å²) >= 11 is 0. The zero-order valence-electron chi connectivity index (χ0n) is 11.5. The number of hydrogen-bond donors (Lipinski definition) is 1. The molecule has 2 rings (SSSR count). The first kappa shape index (κ1) is 13.6. The van der Waals surface area contributed by atoms with Crippen molar-refractivity contribution in [2.75, 3.05) is 6.54 Å². The molecule has 0 fully saturated rings. The van der Waals surface area contributed by atoms with Gasteiger partial charge in [-0.05, 0) is 25.5 Å². The smallest absolute Gasteiger partial charge is 0.0641 e. The lowest BCUT2D eigenvalue weighted by Crippen LogP contribution is -2.34. The van der Waals surface area contributed by atoms with E-state index in [1.165, 1.54) is 5.56 Å². The number of nitrogens with zero attached hydrogens (tertiary/aromatic N) is 2. The first-order valence-electron chi connectivity index (χ1n) is 6.71. The molecule has 1 N–H and O–H groups in total. The number of aromatic nitrogens is 2. The van der Waals surface area contributed by atoms with Gasteiger partial charge in [-0.3, -0.25) is 4.68 Å². The minimum Gasteiger partial charge on any atom is -0.309 e. The lowest BCUT2D eigenvalue weighted by molar-refractivity contribution is 0.376. The summed E-state index contributed by atoms with van der Waals surface area (Å²) in [5, 5.41) is 7.76. The van der Waals surface area contributed by atoms with Gasteiger partial charge in [-0.1, -0.05) is 42.5 Å². The highest BCUT2D eigenvalue weighted by molar-refractivity contribution is 5.48. The van der Waals surface area contributed by atoms with E-state index in [4.69, 9.17) is 0 Å². The van der Waals surface area contributed by atoms with Crippen LogP contribution in [0.4, 0.5) is 0 Å². The first-order chi connectivity index (χ1) is 9.27. The lowest BCUT2D eigenvalue weighted by Gasteiger charge is -2.21. The second kappa shape index (κ2) is 6.90. The van der Waals surface area contributed by atoms with Crippen LogP contribution in [0.1, 0.15) is 25.5 Å². The normalized spacial score (nSPS) is 14.6. The van der Waals surface area contributed by atoms with Gasteiger partial charge < -0.3 is 5.32 Å². The van der Waals surface area contributed by atoms with E-state index < -0.39 is 0 Å². The molecule has 0 spiro atoms. The van der Waals surface area contributed by atoms with Crippen molar-refractivity contribution in [3.05, 3.63) is 60.4 Å². The summed E-state index contributed by atoms with van der Waals surface area (Å²) in [6, 6.07) is 13.0. The van der Waals surface area contributed by atoms with E-state index in [9.17, 15) is 0 Å². The van der Waals surface area contributed by atoms with Crippen LogP contribution in [0.25, 0.3) is 6.08 Å².